The van der Waals surface area contributed by atoms with Crippen molar-refractivity contribution in [3.63, 3.8) is 0 Å². The first kappa shape index (κ1) is 9.94. The highest BCUT2D eigenvalue weighted by molar-refractivity contribution is 9.10. The molecule has 66 valence electrons. The van der Waals surface area contributed by atoms with Crippen LogP contribution in [0.25, 0.3) is 0 Å². The standard InChI is InChI=1S/C8H9BrFOP/c1-12(2,11)8-4-6(9)3-7(10)5-8/h3-5H,1-2H3. The molecule has 0 aliphatic carbocycles. The molecular weight excluding hydrogens is 242 g/mol. The van der Waals surface area contributed by atoms with Gasteiger partial charge in [-0.1, -0.05) is 15.9 Å². The molecule has 1 nitrogen and oxygen atoms in total. The molecule has 4 heteroatoms. The first-order valence-electron chi connectivity index (χ1n) is 3.41. The molecule has 0 saturated heterocycles. The molecule has 0 aromatic heterocycles. The van der Waals surface area contributed by atoms with Crippen molar-refractivity contribution < 1.29 is 8.96 Å². The Labute approximate surface area is 79.5 Å². The Hall–Kier alpha value is -0.140. The minimum Gasteiger partial charge on any atom is -0.319 e. The minimum absolute atomic E-state index is 0.358. The lowest BCUT2D eigenvalue weighted by atomic mass is 10.3. The van der Waals surface area contributed by atoms with Crippen LogP contribution in [-0.4, -0.2) is 13.3 Å². The molecule has 0 fully saturated rings. The van der Waals surface area contributed by atoms with Gasteiger partial charge in [0.2, 0.25) is 0 Å². The van der Waals surface area contributed by atoms with Crippen LogP contribution < -0.4 is 5.30 Å². The fourth-order valence-corrected chi connectivity index (χ4v) is 2.38. The van der Waals surface area contributed by atoms with Crippen molar-refractivity contribution in [1.82, 2.24) is 0 Å². The van der Waals surface area contributed by atoms with Gasteiger partial charge in [0.05, 0.1) is 0 Å². The van der Waals surface area contributed by atoms with Gasteiger partial charge in [0.15, 0.2) is 0 Å². The maximum absolute atomic E-state index is 12.8. The van der Waals surface area contributed by atoms with E-state index in [1.54, 1.807) is 19.4 Å². The predicted molar refractivity (Wildman–Crippen MR) is 53.2 cm³/mol. The highest BCUT2D eigenvalue weighted by atomic mass is 79.9. The van der Waals surface area contributed by atoms with Crippen LogP contribution in [0.3, 0.4) is 0 Å². The highest BCUT2D eigenvalue weighted by Gasteiger charge is 2.12. The third-order valence-electron chi connectivity index (χ3n) is 1.47. The van der Waals surface area contributed by atoms with E-state index in [0.29, 0.717) is 9.78 Å². The van der Waals surface area contributed by atoms with Crippen molar-refractivity contribution >= 4 is 28.4 Å². The Kier molecular flexibility index (Phi) is 2.74. The zero-order valence-electron chi connectivity index (χ0n) is 6.84. The van der Waals surface area contributed by atoms with E-state index in [4.69, 9.17) is 0 Å². The summed E-state index contributed by atoms with van der Waals surface area (Å²) in [6.07, 6.45) is 0. The van der Waals surface area contributed by atoms with E-state index in [0.717, 1.165) is 0 Å². The maximum atomic E-state index is 12.8. The van der Waals surface area contributed by atoms with E-state index in [-0.39, 0.29) is 5.82 Å². The largest absolute Gasteiger partial charge is 0.319 e. The third kappa shape index (κ3) is 2.43. The molecule has 0 unspecified atom stereocenters. The molecule has 0 saturated carbocycles. The van der Waals surface area contributed by atoms with Crippen LogP contribution in [-0.2, 0) is 4.57 Å². The zero-order valence-corrected chi connectivity index (χ0v) is 9.32. The molecule has 1 aromatic rings. The summed E-state index contributed by atoms with van der Waals surface area (Å²) in [5.74, 6) is -0.358. The summed E-state index contributed by atoms with van der Waals surface area (Å²) in [6.45, 7) is 3.24. The number of rotatable bonds is 1. The molecule has 1 aromatic carbocycles. The maximum Gasteiger partial charge on any atom is 0.125 e. The molecule has 12 heavy (non-hydrogen) atoms. The smallest absolute Gasteiger partial charge is 0.125 e. The van der Waals surface area contributed by atoms with Gasteiger partial charge in [0.25, 0.3) is 0 Å². The van der Waals surface area contributed by atoms with Crippen molar-refractivity contribution in [2.24, 2.45) is 0 Å². The molecular formula is C8H9BrFOP. The molecule has 1 rings (SSSR count). The molecule has 0 heterocycles. The van der Waals surface area contributed by atoms with E-state index >= 15 is 0 Å². The molecule has 0 amide bonds. The Bertz CT molecular complexity index is 325. The Balaban J connectivity index is 3.27. The van der Waals surface area contributed by atoms with Crippen LogP contribution in [0, 0.1) is 5.82 Å². The van der Waals surface area contributed by atoms with Crippen molar-refractivity contribution in [2.75, 3.05) is 13.3 Å². The van der Waals surface area contributed by atoms with Crippen LogP contribution in [0.1, 0.15) is 0 Å². The Morgan fingerprint density at radius 2 is 1.92 bits per heavy atom. The molecule has 0 bridgehead atoms. The van der Waals surface area contributed by atoms with Crippen LogP contribution in [0.5, 0.6) is 0 Å². The van der Waals surface area contributed by atoms with Crippen LogP contribution in [0.4, 0.5) is 4.39 Å². The lowest BCUT2D eigenvalue weighted by Crippen LogP contribution is -2.03. The fourth-order valence-electron chi connectivity index (χ4n) is 0.850. The summed E-state index contributed by atoms with van der Waals surface area (Å²) in [7, 11) is -2.34. The number of hydrogen-bond donors (Lipinski definition) is 0. The normalized spacial score (nSPS) is 11.7. The zero-order chi connectivity index (χ0) is 9.35. The average Bonchev–Trinajstić information content (AvgIpc) is 1.82. The van der Waals surface area contributed by atoms with Gasteiger partial charge in [-0.3, -0.25) is 0 Å². The minimum atomic E-state index is -2.34. The average molecular weight is 251 g/mol. The second kappa shape index (κ2) is 3.31. The second-order valence-corrected chi connectivity index (χ2v) is 7.11. The monoisotopic (exact) mass is 250 g/mol. The topological polar surface area (TPSA) is 17.1 Å². The van der Waals surface area contributed by atoms with Gasteiger partial charge in [-0.15, -0.1) is 0 Å². The van der Waals surface area contributed by atoms with Crippen LogP contribution in [0.15, 0.2) is 22.7 Å². The van der Waals surface area contributed by atoms with Crippen molar-refractivity contribution in [3.05, 3.63) is 28.5 Å². The molecule has 0 spiro atoms. The predicted octanol–water partition coefficient (Wildman–Crippen LogP) is 2.84. The Morgan fingerprint density at radius 3 is 2.33 bits per heavy atom. The lowest BCUT2D eigenvalue weighted by molar-refractivity contribution is 0.587. The first-order chi connectivity index (χ1) is 5.39. The molecule has 0 radical (unpaired) electrons. The summed E-state index contributed by atoms with van der Waals surface area (Å²) in [5.41, 5.74) is 0. The van der Waals surface area contributed by atoms with E-state index in [9.17, 15) is 8.96 Å². The van der Waals surface area contributed by atoms with E-state index < -0.39 is 7.14 Å². The van der Waals surface area contributed by atoms with Crippen molar-refractivity contribution in [1.29, 1.82) is 0 Å². The highest BCUT2D eigenvalue weighted by Crippen LogP contribution is 2.35. The summed E-state index contributed by atoms with van der Waals surface area (Å²) in [4.78, 5) is 0. The fraction of sp³-hybridized carbons (Fsp3) is 0.250. The van der Waals surface area contributed by atoms with Crippen LogP contribution in [0.2, 0.25) is 0 Å². The summed E-state index contributed by atoms with van der Waals surface area (Å²) >= 11 is 3.14. The molecule has 0 aliphatic heterocycles. The molecule has 0 aliphatic rings. The lowest BCUT2D eigenvalue weighted by Gasteiger charge is -2.06. The van der Waals surface area contributed by atoms with Crippen LogP contribution >= 0.6 is 23.1 Å². The van der Waals surface area contributed by atoms with Gasteiger partial charge in [-0.2, -0.15) is 0 Å². The quantitative estimate of drug-likeness (QED) is 0.701. The second-order valence-electron chi connectivity index (χ2n) is 2.98. The van der Waals surface area contributed by atoms with E-state index in [1.807, 2.05) is 0 Å². The van der Waals surface area contributed by atoms with Gasteiger partial charge in [0.1, 0.15) is 13.0 Å². The SMILES string of the molecule is CP(C)(=O)c1cc(F)cc(Br)c1. The summed E-state index contributed by atoms with van der Waals surface area (Å²) in [6, 6.07) is 4.34. The van der Waals surface area contributed by atoms with Crippen molar-refractivity contribution in [3.8, 4) is 0 Å². The van der Waals surface area contributed by atoms with Gasteiger partial charge in [-0.05, 0) is 31.5 Å². The third-order valence-corrected chi connectivity index (χ3v) is 3.43. The number of hydrogen-bond acceptors (Lipinski definition) is 1. The molecule has 0 N–H and O–H groups in total. The number of halogens is 2. The summed E-state index contributed by atoms with van der Waals surface area (Å²) in [5, 5.41) is 0.564. The van der Waals surface area contributed by atoms with Gasteiger partial charge < -0.3 is 4.57 Å². The number of benzene rings is 1. The van der Waals surface area contributed by atoms with Gasteiger partial charge >= 0.3 is 0 Å². The Morgan fingerprint density at radius 1 is 1.33 bits per heavy atom. The van der Waals surface area contributed by atoms with Crippen molar-refractivity contribution in [2.45, 2.75) is 0 Å². The first-order valence-corrected chi connectivity index (χ1v) is 6.80. The molecule has 0 atom stereocenters. The summed E-state index contributed by atoms with van der Waals surface area (Å²) < 4.78 is 25.0. The van der Waals surface area contributed by atoms with E-state index in [2.05, 4.69) is 15.9 Å². The van der Waals surface area contributed by atoms with E-state index in [1.165, 1.54) is 12.1 Å². The van der Waals surface area contributed by atoms with Gasteiger partial charge in [0, 0.05) is 9.78 Å². The van der Waals surface area contributed by atoms with Gasteiger partial charge in [-0.25, -0.2) is 4.39 Å².